The number of nitrogen functional groups attached to an aromatic ring is 1. The van der Waals surface area contributed by atoms with Crippen LogP contribution in [0.25, 0.3) is 0 Å². The van der Waals surface area contributed by atoms with Gasteiger partial charge >= 0.3 is 6.18 Å². The molecule has 0 unspecified atom stereocenters. The van der Waals surface area contributed by atoms with Crippen molar-refractivity contribution in [1.82, 2.24) is 14.8 Å². The largest absolute Gasteiger partial charge is 0.416 e. The topological polar surface area (TPSA) is 85.8 Å². The molecule has 3 N–H and O–H groups in total. The standard InChI is InChI=1S/C13H14F3N5OS/c1-2-23-12-20-19-11(17)21(12)7-10(22)18-9-5-3-4-8(6-9)13(14,15)16/h3-6H,2,7H2,1H3,(H2,17,19)(H,18,22). The number of aromatic nitrogens is 3. The molecule has 1 amide bonds. The fourth-order valence-electron chi connectivity index (χ4n) is 1.80. The number of rotatable bonds is 5. The molecule has 2 aromatic rings. The number of carbonyl (C=O) groups is 1. The van der Waals surface area contributed by atoms with Crippen LogP contribution in [-0.4, -0.2) is 26.4 Å². The summed E-state index contributed by atoms with van der Waals surface area (Å²) >= 11 is 1.36. The second kappa shape index (κ2) is 6.90. The highest BCUT2D eigenvalue weighted by Crippen LogP contribution is 2.30. The van der Waals surface area contributed by atoms with Crippen LogP contribution in [0.3, 0.4) is 0 Å². The molecule has 0 aliphatic heterocycles. The summed E-state index contributed by atoms with van der Waals surface area (Å²) in [6.45, 7) is 1.72. The molecule has 6 nitrogen and oxygen atoms in total. The van der Waals surface area contributed by atoms with Crippen LogP contribution in [0.4, 0.5) is 24.8 Å². The average Bonchev–Trinajstić information content (AvgIpc) is 2.80. The molecule has 0 saturated heterocycles. The summed E-state index contributed by atoms with van der Waals surface area (Å²) in [5.74, 6) is 0.266. The molecule has 10 heteroatoms. The summed E-state index contributed by atoms with van der Waals surface area (Å²) in [7, 11) is 0. The highest BCUT2D eigenvalue weighted by molar-refractivity contribution is 7.99. The monoisotopic (exact) mass is 345 g/mol. The third-order valence-corrected chi connectivity index (χ3v) is 3.64. The molecule has 1 aromatic heterocycles. The van der Waals surface area contributed by atoms with Gasteiger partial charge in [0.05, 0.1) is 5.56 Å². The number of thioether (sulfide) groups is 1. The minimum atomic E-state index is -4.47. The molecule has 2 rings (SSSR count). The average molecular weight is 345 g/mol. The van der Waals surface area contributed by atoms with Crippen LogP contribution in [0.15, 0.2) is 29.4 Å². The molecule has 124 valence electrons. The first-order valence-electron chi connectivity index (χ1n) is 6.60. The number of carbonyl (C=O) groups excluding carboxylic acids is 1. The van der Waals surface area contributed by atoms with Crippen LogP contribution >= 0.6 is 11.8 Å². The second-order valence-electron chi connectivity index (χ2n) is 4.49. The van der Waals surface area contributed by atoms with Crippen molar-refractivity contribution in [3.05, 3.63) is 29.8 Å². The van der Waals surface area contributed by atoms with Crippen molar-refractivity contribution in [3.63, 3.8) is 0 Å². The Morgan fingerprint density at radius 2 is 2.13 bits per heavy atom. The maximum atomic E-state index is 12.6. The number of hydrogen-bond acceptors (Lipinski definition) is 5. The Morgan fingerprint density at radius 1 is 1.39 bits per heavy atom. The van der Waals surface area contributed by atoms with E-state index in [1.807, 2.05) is 6.92 Å². The Labute approximate surface area is 134 Å². The summed E-state index contributed by atoms with van der Waals surface area (Å²) in [6, 6.07) is 4.41. The van der Waals surface area contributed by atoms with E-state index < -0.39 is 17.6 Å². The van der Waals surface area contributed by atoms with E-state index in [-0.39, 0.29) is 18.2 Å². The molecule has 23 heavy (non-hydrogen) atoms. The summed E-state index contributed by atoms with van der Waals surface area (Å²) in [5, 5.41) is 10.4. The summed E-state index contributed by atoms with van der Waals surface area (Å²) in [5.41, 5.74) is 4.87. The van der Waals surface area contributed by atoms with E-state index in [1.165, 1.54) is 28.5 Å². The van der Waals surface area contributed by atoms with Crippen LogP contribution in [-0.2, 0) is 17.5 Å². The first-order chi connectivity index (χ1) is 10.8. The molecular formula is C13H14F3N5OS. The van der Waals surface area contributed by atoms with E-state index in [0.717, 1.165) is 12.1 Å². The van der Waals surface area contributed by atoms with Crippen molar-refractivity contribution >= 4 is 29.3 Å². The quantitative estimate of drug-likeness (QED) is 0.814. The van der Waals surface area contributed by atoms with Gasteiger partial charge in [-0.05, 0) is 24.0 Å². The Hall–Kier alpha value is -2.23. The summed E-state index contributed by atoms with van der Waals surface area (Å²) < 4.78 is 39.3. The molecule has 1 aromatic carbocycles. The van der Waals surface area contributed by atoms with Gasteiger partial charge in [-0.1, -0.05) is 24.8 Å². The van der Waals surface area contributed by atoms with Gasteiger partial charge < -0.3 is 11.1 Å². The van der Waals surface area contributed by atoms with Gasteiger partial charge in [0.2, 0.25) is 11.9 Å². The lowest BCUT2D eigenvalue weighted by Gasteiger charge is -2.11. The number of nitrogens with one attached hydrogen (secondary N) is 1. The van der Waals surface area contributed by atoms with Gasteiger partial charge in [-0.2, -0.15) is 13.2 Å². The molecule has 0 bridgehead atoms. The smallest absolute Gasteiger partial charge is 0.368 e. The van der Waals surface area contributed by atoms with Crippen molar-refractivity contribution in [2.45, 2.75) is 24.8 Å². The second-order valence-corrected chi connectivity index (χ2v) is 5.72. The highest BCUT2D eigenvalue weighted by Gasteiger charge is 2.30. The highest BCUT2D eigenvalue weighted by atomic mass is 32.2. The van der Waals surface area contributed by atoms with Gasteiger partial charge in [-0.25, -0.2) is 0 Å². The zero-order chi connectivity index (χ0) is 17.0. The lowest BCUT2D eigenvalue weighted by Crippen LogP contribution is -2.20. The van der Waals surface area contributed by atoms with Gasteiger partial charge in [-0.3, -0.25) is 9.36 Å². The minimum absolute atomic E-state index is 0.0566. The van der Waals surface area contributed by atoms with Gasteiger partial charge in [-0.15, -0.1) is 10.2 Å². The molecule has 0 atom stereocenters. The summed E-state index contributed by atoms with van der Waals surface area (Å²) in [4.78, 5) is 12.0. The van der Waals surface area contributed by atoms with E-state index in [0.29, 0.717) is 10.9 Å². The molecule has 0 aliphatic carbocycles. The molecule has 0 aliphatic rings. The fraction of sp³-hybridized carbons (Fsp3) is 0.308. The summed E-state index contributed by atoms with van der Waals surface area (Å²) in [6.07, 6.45) is -4.47. The Kier molecular flexibility index (Phi) is 5.14. The predicted octanol–water partition coefficient (Wildman–Crippen LogP) is 2.63. The molecule has 0 fully saturated rings. The van der Waals surface area contributed by atoms with Crippen molar-refractivity contribution < 1.29 is 18.0 Å². The molecule has 1 heterocycles. The lowest BCUT2D eigenvalue weighted by molar-refractivity contribution is -0.137. The van der Waals surface area contributed by atoms with E-state index in [1.54, 1.807) is 0 Å². The van der Waals surface area contributed by atoms with Crippen LogP contribution in [0.5, 0.6) is 0 Å². The van der Waals surface area contributed by atoms with E-state index in [9.17, 15) is 18.0 Å². The van der Waals surface area contributed by atoms with Gasteiger partial charge in [0.1, 0.15) is 6.54 Å². The number of benzene rings is 1. The Balaban J connectivity index is 2.10. The predicted molar refractivity (Wildman–Crippen MR) is 80.9 cm³/mol. The number of anilines is 2. The maximum absolute atomic E-state index is 12.6. The van der Waals surface area contributed by atoms with Crippen LogP contribution in [0.2, 0.25) is 0 Å². The van der Waals surface area contributed by atoms with Crippen LogP contribution < -0.4 is 11.1 Å². The number of hydrogen-bond donors (Lipinski definition) is 2. The number of amides is 1. The van der Waals surface area contributed by atoms with E-state index in [2.05, 4.69) is 15.5 Å². The minimum Gasteiger partial charge on any atom is -0.368 e. The SMILES string of the molecule is CCSc1nnc(N)n1CC(=O)Nc1cccc(C(F)(F)F)c1. The zero-order valence-corrected chi connectivity index (χ0v) is 12.9. The normalized spacial score (nSPS) is 11.5. The number of halogens is 3. The first kappa shape index (κ1) is 17.1. The molecule has 0 radical (unpaired) electrons. The van der Waals surface area contributed by atoms with Crippen LogP contribution in [0, 0.1) is 0 Å². The number of nitrogens with zero attached hydrogens (tertiary/aromatic N) is 3. The van der Waals surface area contributed by atoms with Crippen molar-refractivity contribution in [2.75, 3.05) is 16.8 Å². The van der Waals surface area contributed by atoms with Crippen molar-refractivity contribution in [1.29, 1.82) is 0 Å². The molecule has 0 saturated carbocycles. The number of alkyl halides is 3. The molecule has 0 spiro atoms. The maximum Gasteiger partial charge on any atom is 0.416 e. The third-order valence-electron chi connectivity index (χ3n) is 2.79. The zero-order valence-electron chi connectivity index (χ0n) is 12.1. The van der Waals surface area contributed by atoms with Gasteiger partial charge in [0, 0.05) is 5.69 Å². The van der Waals surface area contributed by atoms with Crippen molar-refractivity contribution in [3.8, 4) is 0 Å². The Morgan fingerprint density at radius 3 is 2.78 bits per heavy atom. The number of nitrogens with two attached hydrogens (primary N) is 1. The van der Waals surface area contributed by atoms with E-state index >= 15 is 0 Å². The first-order valence-corrected chi connectivity index (χ1v) is 7.58. The third kappa shape index (κ3) is 4.38. The fourth-order valence-corrected chi connectivity index (χ4v) is 2.47. The molecular weight excluding hydrogens is 331 g/mol. The van der Waals surface area contributed by atoms with E-state index in [4.69, 9.17) is 5.73 Å². The van der Waals surface area contributed by atoms with Crippen molar-refractivity contribution in [2.24, 2.45) is 0 Å². The van der Waals surface area contributed by atoms with Crippen LogP contribution in [0.1, 0.15) is 12.5 Å². The Bertz CT molecular complexity index is 701. The lowest BCUT2D eigenvalue weighted by atomic mass is 10.2. The van der Waals surface area contributed by atoms with Gasteiger partial charge in [0.15, 0.2) is 5.16 Å². The van der Waals surface area contributed by atoms with Gasteiger partial charge in [0.25, 0.3) is 0 Å².